The van der Waals surface area contributed by atoms with Crippen LogP contribution in [0.2, 0.25) is 0 Å². The SMILES string of the molecule is CCn1c(SC(C(=O)Nc2ccc(OC)cc2)C(C)C)nc2cc(S(N)(=O)=O)ccc21. The van der Waals surface area contributed by atoms with Crippen LogP contribution in [0.3, 0.4) is 0 Å². The standard InChI is InChI=1S/C21H26N4O4S2/c1-5-25-18-11-10-16(31(22,27)28)12-17(18)24-21(25)30-19(13(2)3)20(26)23-14-6-8-15(29-4)9-7-14/h6-13,19H,5H2,1-4H3,(H,23,26)(H2,22,27,28). The van der Waals surface area contributed by atoms with E-state index in [1.165, 1.54) is 23.9 Å². The highest BCUT2D eigenvalue weighted by Crippen LogP contribution is 2.32. The van der Waals surface area contributed by atoms with Crippen LogP contribution in [-0.2, 0) is 21.4 Å². The molecule has 0 saturated heterocycles. The number of ether oxygens (including phenoxy) is 1. The Hall–Kier alpha value is -2.56. The Morgan fingerprint density at radius 1 is 1.23 bits per heavy atom. The van der Waals surface area contributed by atoms with Gasteiger partial charge in [-0.15, -0.1) is 0 Å². The quantitative estimate of drug-likeness (QED) is 0.495. The number of imidazole rings is 1. The number of aromatic nitrogens is 2. The Morgan fingerprint density at radius 3 is 2.45 bits per heavy atom. The van der Waals surface area contributed by atoms with Gasteiger partial charge < -0.3 is 14.6 Å². The topological polar surface area (TPSA) is 116 Å². The molecule has 1 unspecified atom stereocenters. The van der Waals surface area contributed by atoms with Gasteiger partial charge in [0.1, 0.15) is 5.75 Å². The van der Waals surface area contributed by atoms with E-state index in [1.807, 2.05) is 25.3 Å². The lowest BCUT2D eigenvalue weighted by atomic mass is 10.1. The Morgan fingerprint density at radius 2 is 1.90 bits per heavy atom. The molecule has 1 atom stereocenters. The van der Waals surface area contributed by atoms with E-state index in [2.05, 4.69) is 10.3 Å². The molecule has 3 N–H and O–H groups in total. The molecule has 0 bridgehead atoms. The summed E-state index contributed by atoms with van der Waals surface area (Å²) in [5, 5.41) is 8.44. The first-order valence-electron chi connectivity index (χ1n) is 9.78. The number of fused-ring (bicyclic) bond motifs is 1. The van der Waals surface area contributed by atoms with Crippen molar-refractivity contribution >= 4 is 44.4 Å². The molecule has 0 aliphatic carbocycles. The van der Waals surface area contributed by atoms with Crippen LogP contribution in [0.1, 0.15) is 20.8 Å². The molecule has 0 radical (unpaired) electrons. The van der Waals surface area contributed by atoms with Crippen LogP contribution >= 0.6 is 11.8 Å². The number of aryl methyl sites for hydroxylation is 1. The maximum Gasteiger partial charge on any atom is 0.238 e. The number of nitrogens with zero attached hydrogens (tertiary/aromatic N) is 2. The van der Waals surface area contributed by atoms with Gasteiger partial charge in [-0.2, -0.15) is 0 Å². The Balaban J connectivity index is 1.89. The molecule has 0 aliphatic heterocycles. The number of rotatable bonds is 8. The lowest BCUT2D eigenvalue weighted by Crippen LogP contribution is -2.30. The molecule has 10 heteroatoms. The van der Waals surface area contributed by atoms with Gasteiger partial charge in [-0.05, 0) is 55.3 Å². The molecule has 3 rings (SSSR count). The lowest BCUT2D eigenvalue weighted by molar-refractivity contribution is -0.116. The predicted octanol–water partition coefficient (Wildman–Crippen LogP) is 3.47. The summed E-state index contributed by atoms with van der Waals surface area (Å²) in [6.07, 6.45) is 0. The molecular formula is C21H26N4O4S2. The highest BCUT2D eigenvalue weighted by molar-refractivity contribution is 8.00. The van der Waals surface area contributed by atoms with Gasteiger partial charge in [0.2, 0.25) is 15.9 Å². The van der Waals surface area contributed by atoms with E-state index >= 15 is 0 Å². The number of sulfonamides is 1. The minimum absolute atomic E-state index is 0.00922. The summed E-state index contributed by atoms with van der Waals surface area (Å²) in [6, 6.07) is 11.8. The number of carbonyl (C=O) groups is 1. The molecule has 0 saturated carbocycles. The highest BCUT2D eigenvalue weighted by Gasteiger charge is 2.26. The second kappa shape index (κ2) is 9.29. The van der Waals surface area contributed by atoms with Gasteiger partial charge in [0.15, 0.2) is 5.16 Å². The normalized spacial score (nSPS) is 12.8. The van der Waals surface area contributed by atoms with Crippen LogP contribution < -0.4 is 15.2 Å². The zero-order valence-corrected chi connectivity index (χ0v) is 19.5. The monoisotopic (exact) mass is 462 g/mol. The molecule has 1 heterocycles. The van der Waals surface area contributed by atoms with E-state index in [9.17, 15) is 13.2 Å². The van der Waals surface area contributed by atoms with Crippen LogP contribution in [-0.4, -0.2) is 36.2 Å². The molecule has 0 spiro atoms. The van der Waals surface area contributed by atoms with Gasteiger partial charge in [0.05, 0.1) is 28.3 Å². The number of hydrogen-bond donors (Lipinski definition) is 2. The summed E-state index contributed by atoms with van der Waals surface area (Å²) in [5.74, 6) is 0.613. The average Bonchev–Trinajstić information content (AvgIpc) is 3.08. The Bertz CT molecular complexity index is 1190. The molecule has 31 heavy (non-hydrogen) atoms. The third-order valence-corrected chi connectivity index (χ3v) is 7.23. The highest BCUT2D eigenvalue weighted by atomic mass is 32.2. The van der Waals surface area contributed by atoms with Crippen molar-refractivity contribution in [3.05, 3.63) is 42.5 Å². The summed E-state index contributed by atoms with van der Waals surface area (Å²) < 4.78 is 30.5. The average molecular weight is 463 g/mol. The first-order chi connectivity index (χ1) is 14.6. The summed E-state index contributed by atoms with van der Waals surface area (Å²) >= 11 is 1.36. The van der Waals surface area contributed by atoms with E-state index in [0.29, 0.717) is 28.7 Å². The molecule has 1 aromatic heterocycles. The van der Waals surface area contributed by atoms with Gasteiger partial charge in [-0.25, -0.2) is 18.5 Å². The Kier molecular flexibility index (Phi) is 6.93. The minimum Gasteiger partial charge on any atom is -0.497 e. The predicted molar refractivity (Wildman–Crippen MR) is 123 cm³/mol. The number of thioether (sulfide) groups is 1. The van der Waals surface area contributed by atoms with Gasteiger partial charge in [0.25, 0.3) is 0 Å². The molecular weight excluding hydrogens is 436 g/mol. The van der Waals surface area contributed by atoms with Crippen LogP contribution in [0.5, 0.6) is 5.75 Å². The van der Waals surface area contributed by atoms with Gasteiger partial charge in [-0.3, -0.25) is 4.79 Å². The summed E-state index contributed by atoms with van der Waals surface area (Å²) in [5.41, 5.74) is 1.99. The minimum atomic E-state index is -3.82. The molecule has 3 aromatic rings. The van der Waals surface area contributed by atoms with Crippen molar-refractivity contribution in [2.75, 3.05) is 12.4 Å². The van der Waals surface area contributed by atoms with Crippen molar-refractivity contribution in [2.45, 2.75) is 42.6 Å². The summed E-state index contributed by atoms with van der Waals surface area (Å²) in [6.45, 7) is 6.55. The number of hydrogen-bond acceptors (Lipinski definition) is 6. The van der Waals surface area contributed by atoms with Crippen LogP contribution in [0, 0.1) is 5.92 Å². The number of benzene rings is 2. The number of methoxy groups -OCH3 is 1. The number of amides is 1. The summed E-state index contributed by atoms with van der Waals surface area (Å²) in [7, 11) is -2.24. The number of carbonyl (C=O) groups excluding carboxylic acids is 1. The molecule has 8 nitrogen and oxygen atoms in total. The molecule has 2 aromatic carbocycles. The van der Waals surface area contributed by atoms with Gasteiger partial charge >= 0.3 is 0 Å². The van der Waals surface area contributed by atoms with Crippen LogP contribution in [0.25, 0.3) is 11.0 Å². The van der Waals surface area contributed by atoms with Crippen LogP contribution in [0.15, 0.2) is 52.5 Å². The maximum absolute atomic E-state index is 13.0. The maximum atomic E-state index is 13.0. The second-order valence-electron chi connectivity index (χ2n) is 7.33. The van der Waals surface area contributed by atoms with E-state index in [-0.39, 0.29) is 16.7 Å². The van der Waals surface area contributed by atoms with Crippen molar-refractivity contribution in [3.8, 4) is 5.75 Å². The van der Waals surface area contributed by atoms with Crippen molar-refractivity contribution in [2.24, 2.45) is 11.1 Å². The van der Waals surface area contributed by atoms with Gasteiger partial charge in [0, 0.05) is 12.2 Å². The van der Waals surface area contributed by atoms with E-state index in [4.69, 9.17) is 9.88 Å². The third kappa shape index (κ3) is 5.20. The smallest absolute Gasteiger partial charge is 0.238 e. The molecule has 0 fully saturated rings. The van der Waals surface area contributed by atoms with Crippen molar-refractivity contribution in [1.82, 2.24) is 9.55 Å². The van der Waals surface area contributed by atoms with Crippen molar-refractivity contribution in [1.29, 1.82) is 0 Å². The van der Waals surface area contributed by atoms with E-state index in [1.54, 1.807) is 37.4 Å². The first-order valence-corrected chi connectivity index (χ1v) is 12.2. The lowest BCUT2D eigenvalue weighted by Gasteiger charge is -2.20. The Labute approximate surface area is 186 Å². The largest absolute Gasteiger partial charge is 0.497 e. The number of anilines is 1. The fourth-order valence-electron chi connectivity index (χ4n) is 3.15. The van der Waals surface area contributed by atoms with E-state index < -0.39 is 15.3 Å². The molecule has 1 amide bonds. The first kappa shape index (κ1) is 23.1. The van der Waals surface area contributed by atoms with E-state index in [0.717, 1.165) is 5.52 Å². The fourth-order valence-corrected chi connectivity index (χ4v) is 4.86. The number of nitrogens with two attached hydrogens (primary N) is 1. The second-order valence-corrected chi connectivity index (χ2v) is 10.0. The number of nitrogens with one attached hydrogen (secondary N) is 1. The summed E-state index contributed by atoms with van der Waals surface area (Å²) in [4.78, 5) is 17.6. The number of primary sulfonamides is 1. The zero-order valence-electron chi connectivity index (χ0n) is 17.8. The van der Waals surface area contributed by atoms with Crippen molar-refractivity contribution < 1.29 is 17.9 Å². The van der Waals surface area contributed by atoms with Crippen LogP contribution in [0.4, 0.5) is 5.69 Å². The van der Waals surface area contributed by atoms with Gasteiger partial charge in [-0.1, -0.05) is 25.6 Å². The molecule has 166 valence electrons. The third-order valence-electron chi connectivity index (χ3n) is 4.78. The fraction of sp³-hybridized carbons (Fsp3) is 0.333. The van der Waals surface area contributed by atoms with Crippen molar-refractivity contribution in [3.63, 3.8) is 0 Å². The zero-order chi connectivity index (χ0) is 22.8. The molecule has 0 aliphatic rings.